The summed E-state index contributed by atoms with van der Waals surface area (Å²) >= 11 is 0. The van der Waals surface area contributed by atoms with Crippen LogP contribution < -0.4 is 0 Å². The summed E-state index contributed by atoms with van der Waals surface area (Å²) in [5, 5.41) is 0. The van der Waals surface area contributed by atoms with Crippen LogP contribution in [0.5, 0.6) is 0 Å². The lowest BCUT2D eigenvalue weighted by Crippen LogP contribution is -2.52. The van der Waals surface area contributed by atoms with Crippen LogP contribution in [0, 0.1) is 0 Å². The van der Waals surface area contributed by atoms with Crippen LogP contribution in [-0.4, -0.2) is 41.4 Å². The third-order valence-electron chi connectivity index (χ3n) is 7.50. The van der Waals surface area contributed by atoms with Gasteiger partial charge in [-0.2, -0.15) is 0 Å². The smallest absolute Gasteiger partial charge is 0.220 e. The van der Waals surface area contributed by atoms with Gasteiger partial charge >= 0.3 is 0 Å². The number of benzene rings is 2. The Bertz CT molecular complexity index is 882. The summed E-state index contributed by atoms with van der Waals surface area (Å²) in [6.45, 7) is 5.80. The summed E-state index contributed by atoms with van der Waals surface area (Å²) in [5.74, 6) is 0.206. The standard InChI is InChI=1S/C25H30N2O/c1-19(28)27-17-22-8-3-2-7-21(22)16-23(27)18-26-14-12-25(13-15-26)11-10-20-6-4-5-9-24(20)25/h2-9,23H,10-18H2,1H3. The molecule has 3 aliphatic rings. The highest BCUT2D eigenvalue weighted by molar-refractivity contribution is 5.74. The third-order valence-corrected chi connectivity index (χ3v) is 7.50. The van der Waals surface area contributed by atoms with Gasteiger partial charge in [-0.3, -0.25) is 4.79 Å². The lowest BCUT2D eigenvalue weighted by molar-refractivity contribution is -0.132. The molecular weight excluding hydrogens is 344 g/mol. The van der Waals surface area contributed by atoms with Crippen molar-refractivity contribution in [3.8, 4) is 0 Å². The molecule has 0 aromatic heterocycles. The Balaban J connectivity index is 1.28. The minimum atomic E-state index is 0.206. The van der Waals surface area contributed by atoms with Crippen LogP contribution in [0.1, 0.15) is 48.4 Å². The van der Waals surface area contributed by atoms with Crippen LogP contribution in [0.3, 0.4) is 0 Å². The van der Waals surface area contributed by atoms with E-state index < -0.39 is 0 Å². The van der Waals surface area contributed by atoms with E-state index in [2.05, 4.69) is 58.3 Å². The van der Waals surface area contributed by atoms with Gasteiger partial charge in [-0.25, -0.2) is 0 Å². The van der Waals surface area contributed by atoms with Gasteiger partial charge in [-0.05, 0) is 72.9 Å². The molecule has 0 N–H and O–H groups in total. The predicted molar refractivity (Wildman–Crippen MR) is 112 cm³/mol. The lowest BCUT2D eigenvalue weighted by atomic mass is 9.74. The van der Waals surface area contributed by atoms with Gasteiger partial charge in [0.2, 0.25) is 5.91 Å². The largest absolute Gasteiger partial charge is 0.334 e. The molecule has 28 heavy (non-hydrogen) atoms. The van der Waals surface area contributed by atoms with E-state index in [1.165, 1.54) is 36.8 Å². The molecule has 2 aromatic carbocycles. The number of fused-ring (bicyclic) bond motifs is 3. The van der Waals surface area contributed by atoms with Crippen molar-refractivity contribution in [1.29, 1.82) is 0 Å². The zero-order valence-electron chi connectivity index (χ0n) is 16.9. The van der Waals surface area contributed by atoms with Gasteiger partial charge in [0.1, 0.15) is 0 Å². The molecular formula is C25H30N2O. The van der Waals surface area contributed by atoms with Crippen LogP contribution in [0.25, 0.3) is 0 Å². The number of nitrogens with zero attached hydrogens (tertiary/aromatic N) is 2. The molecule has 3 heteroatoms. The molecule has 146 valence electrons. The van der Waals surface area contributed by atoms with Crippen LogP contribution in [0.15, 0.2) is 48.5 Å². The molecule has 0 saturated carbocycles. The first kappa shape index (κ1) is 17.9. The first-order valence-electron chi connectivity index (χ1n) is 10.8. The lowest BCUT2D eigenvalue weighted by Gasteiger charge is -2.44. The number of carbonyl (C=O) groups is 1. The Kier molecular flexibility index (Phi) is 4.51. The molecule has 2 aromatic rings. The van der Waals surface area contributed by atoms with E-state index >= 15 is 0 Å². The molecule has 0 radical (unpaired) electrons. The minimum absolute atomic E-state index is 0.206. The number of rotatable bonds is 2. The van der Waals surface area contributed by atoms with Gasteiger partial charge in [0.15, 0.2) is 0 Å². The average Bonchev–Trinajstić information content (AvgIpc) is 3.08. The Morgan fingerprint density at radius 2 is 1.64 bits per heavy atom. The number of piperidine rings is 1. The fraction of sp³-hybridized carbons (Fsp3) is 0.480. The van der Waals surface area contributed by atoms with E-state index in [0.29, 0.717) is 11.5 Å². The molecule has 1 amide bonds. The summed E-state index contributed by atoms with van der Waals surface area (Å²) in [4.78, 5) is 17.0. The van der Waals surface area contributed by atoms with E-state index in [1.54, 1.807) is 18.1 Å². The Morgan fingerprint density at radius 3 is 2.39 bits per heavy atom. The second kappa shape index (κ2) is 7.04. The second-order valence-electron chi connectivity index (χ2n) is 9.01. The van der Waals surface area contributed by atoms with Gasteiger partial charge in [-0.15, -0.1) is 0 Å². The maximum absolute atomic E-state index is 12.3. The van der Waals surface area contributed by atoms with Gasteiger partial charge < -0.3 is 9.80 Å². The number of hydrogen-bond donors (Lipinski definition) is 0. The Morgan fingerprint density at radius 1 is 0.964 bits per heavy atom. The van der Waals surface area contributed by atoms with Crippen molar-refractivity contribution >= 4 is 5.91 Å². The van der Waals surface area contributed by atoms with Crippen molar-refractivity contribution in [2.24, 2.45) is 0 Å². The predicted octanol–water partition coefficient (Wildman–Crippen LogP) is 3.94. The molecule has 2 aliphatic heterocycles. The van der Waals surface area contributed by atoms with Crippen LogP contribution >= 0.6 is 0 Å². The normalized spacial score (nSPS) is 23.5. The highest BCUT2D eigenvalue weighted by atomic mass is 16.2. The molecule has 1 aliphatic carbocycles. The molecule has 1 atom stereocenters. The first-order valence-corrected chi connectivity index (χ1v) is 10.8. The number of hydrogen-bond acceptors (Lipinski definition) is 2. The minimum Gasteiger partial charge on any atom is -0.334 e. The summed E-state index contributed by atoms with van der Waals surface area (Å²) in [5.41, 5.74) is 6.33. The van der Waals surface area contributed by atoms with Gasteiger partial charge in [0, 0.05) is 26.1 Å². The van der Waals surface area contributed by atoms with Crippen molar-refractivity contribution in [1.82, 2.24) is 9.80 Å². The van der Waals surface area contributed by atoms with E-state index in [1.807, 2.05) is 0 Å². The highest BCUT2D eigenvalue weighted by Crippen LogP contribution is 2.46. The molecule has 1 saturated heterocycles. The van der Waals surface area contributed by atoms with Crippen molar-refractivity contribution in [2.45, 2.75) is 57.0 Å². The molecule has 5 rings (SSSR count). The summed E-state index contributed by atoms with van der Waals surface area (Å²) in [7, 11) is 0. The van der Waals surface area contributed by atoms with E-state index in [0.717, 1.165) is 32.6 Å². The Hall–Kier alpha value is -2.13. The summed E-state index contributed by atoms with van der Waals surface area (Å²) in [6.07, 6.45) is 6.06. The van der Waals surface area contributed by atoms with Gasteiger partial charge in [0.05, 0.1) is 0 Å². The van der Waals surface area contributed by atoms with Crippen molar-refractivity contribution < 1.29 is 4.79 Å². The first-order chi connectivity index (χ1) is 13.6. The van der Waals surface area contributed by atoms with E-state index in [4.69, 9.17) is 0 Å². The number of aryl methyl sites for hydroxylation is 1. The monoisotopic (exact) mass is 374 g/mol. The number of likely N-dealkylation sites (tertiary alicyclic amines) is 1. The molecule has 2 heterocycles. The molecule has 1 spiro atoms. The average molecular weight is 375 g/mol. The van der Waals surface area contributed by atoms with Crippen molar-refractivity contribution in [3.05, 3.63) is 70.8 Å². The topological polar surface area (TPSA) is 23.6 Å². The molecule has 1 fully saturated rings. The van der Waals surface area contributed by atoms with Crippen LogP contribution in [0.4, 0.5) is 0 Å². The molecule has 3 nitrogen and oxygen atoms in total. The zero-order chi connectivity index (χ0) is 19.1. The summed E-state index contributed by atoms with van der Waals surface area (Å²) < 4.78 is 0. The van der Waals surface area contributed by atoms with Gasteiger partial charge in [0.25, 0.3) is 0 Å². The van der Waals surface area contributed by atoms with E-state index in [9.17, 15) is 4.79 Å². The Labute approximate surface area is 168 Å². The van der Waals surface area contributed by atoms with E-state index in [-0.39, 0.29) is 5.91 Å². The highest BCUT2D eigenvalue weighted by Gasteiger charge is 2.41. The second-order valence-corrected chi connectivity index (χ2v) is 9.01. The third kappa shape index (κ3) is 3.06. The fourth-order valence-electron chi connectivity index (χ4n) is 5.86. The zero-order valence-corrected chi connectivity index (χ0v) is 16.9. The maximum atomic E-state index is 12.3. The maximum Gasteiger partial charge on any atom is 0.220 e. The summed E-state index contributed by atoms with van der Waals surface area (Å²) in [6, 6.07) is 18.0. The van der Waals surface area contributed by atoms with Crippen LogP contribution in [-0.2, 0) is 29.6 Å². The number of carbonyl (C=O) groups excluding carboxylic acids is 1. The molecule has 1 unspecified atom stereocenters. The van der Waals surface area contributed by atoms with Crippen LogP contribution in [0.2, 0.25) is 0 Å². The quantitative estimate of drug-likeness (QED) is 0.795. The SMILES string of the molecule is CC(=O)N1Cc2ccccc2CC1CN1CCC2(CCc3ccccc32)CC1. The van der Waals surface area contributed by atoms with Crippen molar-refractivity contribution in [2.75, 3.05) is 19.6 Å². The van der Waals surface area contributed by atoms with Crippen molar-refractivity contribution in [3.63, 3.8) is 0 Å². The van der Waals surface area contributed by atoms with Gasteiger partial charge in [-0.1, -0.05) is 48.5 Å². The number of amides is 1. The fourth-order valence-corrected chi connectivity index (χ4v) is 5.86. The molecule has 0 bridgehead atoms.